The van der Waals surface area contributed by atoms with Crippen molar-refractivity contribution in [1.82, 2.24) is 0 Å². The Kier molecular flexibility index (Phi) is 6.52. The molecule has 0 spiro atoms. The Bertz CT molecular complexity index is 911. The SMILES string of the molecule is Cc1ccc(C)c(OCCCSCC(=O)N2c3ccccc3NC(=O)C2(C)C)c1. The minimum atomic E-state index is -0.919. The maximum atomic E-state index is 13.0. The third-order valence-corrected chi connectivity index (χ3v) is 6.05. The Morgan fingerprint density at radius 3 is 2.72 bits per heavy atom. The molecular weight excluding hydrogens is 384 g/mol. The van der Waals surface area contributed by atoms with Gasteiger partial charge in [0.25, 0.3) is 0 Å². The van der Waals surface area contributed by atoms with Crippen LogP contribution in [0, 0.1) is 13.8 Å². The number of nitrogens with zero attached hydrogens (tertiary/aromatic N) is 1. The van der Waals surface area contributed by atoms with Crippen LogP contribution in [0.2, 0.25) is 0 Å². The Labute approximate surface area is 176 Å². The van der Waals surface area contributed by atoms with Crippen LogP contribution in [-0.2, 0) is 9.59 Å². The number of nitrogens with one attached hydrogen (secondary N) is 1. The van der Waals surface area contributed by atoms with Crippen LogP contribution in [0.5, 0.6) is 5.75 Å². The lowest BCUT2D eigenvalue weighted by Crippen LogP contribution is -2.59. The van der Waals surface area contributed by atoms with Crippen LogP contribution in [0.1, 0.15) is 31.4 Å². The largest absolute Gasteiger partial charge is 0.493 e. The molecule has 0 unspecified atom stereocenters. The number of benzene rings is 2. The summed E-state index contributed by atoms with van der Waals surface area (Å²) in [5.74, 6) is 1.84. The van der Waals surface area contributed by atoms with Gasteiger partial charge in [-0.15, -0.1) is 0 Å². The number of thioether (sulfide) groups is 1. The van der Waals surface area contributed by atoms with Crippen molar-refractivity contribution in [2.45, 2.75) is 39.7 Å². The molecule has 1 N–H and O–H groups in total. The van der Waals surface area contributed by atoms with Crippen molar-refractivity contribution in [1.29, 1.82) is 0 Å². The first kappa shape index (κ1) is 21.2. The predicted octanol–water partition coefficient (Wildman–Crippen LogP) is 4.57. The van der Waals surface area contributed by atoms with Crippen molar-refractivity contribution in [3.05, 3.63) is 53.6 Å². The molecule has 2 aromatic carbocycles. The van der Waals surface area contributed by atoms with Crippen LogP contribution in [0.15, 0.2) is 42.5 Å². The van der Waals surface area contributed by atoms with E-state index in [1.807, 2.05) is 44.2 Å². The molecule has 1 aliphatic heterocycles. The number of aryl methyl sites for hydroxylation is 2. The van der Waals surface area contributed by atoms with Crippen LogP contribution in [0.4, 0.5) is 11.4 Å². The topological polar surface area (TPSA) is 58.6 Å². The lowest BCUT2D eigenvalue weighted by atomic mass is 9.96. The van der Waals surface area contributed by atoms with E-state index >= 15 is 0 Å². The summed E-state index contributed by atoms with van der Waals surface area (Å²) in [6.07, 6.45) is 0.853. The van der Waals surface area contributed by atoms with Gasteiger partial charge in [0, 0.05) is 0 Å². The first-order chi connectivity index (χ1) is 13.8. The van der Waals surface area contributed by atoms with Gasteiger partial charge in [0.15, 0.2) is 0 Å². The fourth-order valence-corrected chi connectivity index (χ4v) is 4.10. The van der Waals surface area contributed by atoms with Crippen LogP contribution < -0.4 is 15.0 Å². The van der Waals surface area contributed by atoms with Gasteiger partial charge < -0.3 is 10.1 Å². The van der Waals surface area contributed by atoms with Gasteiger partial charge in [0.2, 0.25) is 11.8 Å². The first-order valence-electron chi connectivity index (χ1n) is 9.82. The molecule has 6 heteroatoms. The second-order valence-corrected chi connectivity index (χ2v) is 8.89. The molecule has 5 nitrogen and oxygen atoms in total. The monoisotopic (exact) mass is 412 g/mol. The number of hydrogen-bond donors (Lipinski definition) is 1. The molecular formula is C23H28N2O3S. The summed E-state index contributed by atoms with van der Waals surface area (Å²) in [6.45, 7) is 8.26. The van der Waals surface area contributed by atoms with E-state index in [2.05, 4.69) is 17.4 Å². The average Bonchev–Trinajstić information content (AvgIpc) is 2.67. The number of ether oxygens (including phenoxy) is 1. The number of fused-ring (bicyclic) bond motifs is 1. The van der Waals surface area contributed by atoms with Crippen molar-refractivity contribution < 1.29 is 14.3 Å². The van der Waals surface area contributed by atoms with Gasteiger partial charge in [0.05, 0.1) is 23.7 Å². The zero-order valence-corrected chi connectivity index (χ0v) is 18.3. The summed E-state index contributed by atoms with van der Waals surface area (Å²) in [7, 11) is 0. The highest BCUT2D eigenvalue weighted by atomic mass is 32.2. The Hall–Kier alpha value is -2.47. The van der Waals surface area contributed by atoms with E-state index in [1.54, 1.807) is 30.5 Å². The van der Waals surface area contributed by atoms with E-state index in [4.69, 9.17) is 4.74 Å². The number of amides is 2. The molecule has 0 radical (unpaired) electrons. The molecule has 154 valence electrons. The number of anilines is 2. The minimum Gasteiger partial charge on any atom is -0.493 e. The van der Waals surface area contributed by atoms with Gasteiger partial charge in [-0.05, 0) is 69.2 Å². The predicted molar refractivity (Wildman–Crippen MR) is 120 cm³/mol. The van der Waals surface area contributed by atoms with Crippen LogP contribution in [0.25, 0.3) is 0 Å². The quantitative estimate of drug-likeness (QED) is 0.677. The van der Waals surface area contributed by atoms with E-state index in [9.17, 15) is 9.59 Å². The number of carbonyl (C=O) groups excluding carboxylic acids is 2. The van der Waals surface area contributed by atoms with Crippen molar-refractivity contribution in [2.75, 3.05) is 28.3 Å². The lowest BCUT2D eigenvalue weighted by Gasteiger charge is -2.42. The van der Waals surface area contributed by atoms with E-state index in [0.717, 1.165) is 29.2 Å². The van der Waals surface area contributed by atoms with Crippen LogP contribution >= 0.6 is 11.8 Å². The summed E-state index contributed by atoms with van der Waals surface area (Å²) in [4.78, 5) is 27.0. The molecule has 0 aromatic heterocycles. The molecule has 0 aliphatic carbocycles. The third-order valence-electron chi connectivity index (χ3n) is 5.02. The lowest BCUT2D eigenvalue weighted by molar-refractivity contribution is -0.125. The Balaban J connectivity index is 1.51. The van der Waals surface area contributed by atoms with Gasteiger partial charge in [-0.25, -0.2) is 0 Å². The van der Waals surface area contributed by atoms with Gasteiger partial charge in [-0.1, -0.05) is 24.3 Å². The molecule has 1 heterocycles. The van der Waals surface area contributed by atoms with E-state index in [0.29, 0.717) is 18.0 Å². The summed E-state index contributed by atoms with van der Waals surface area (Å²) in [5, 5.41) is 2.89. The standard InChI is InChI=1S/C23H28N2O3S/c1-16-10-11-17(2)20(14-16)28-12-7-13-29-15-21(26)25-19-9-6-5-8-18(19)24-22(27)23(25,3)4/h5-6,8-11,14H,7,12-13,15H2,1-4H3,(H,24,27). The van der Waals surface area contributed by atoms with E-state index in [-0.39, 0.29) is 11.8 Å². The highest BCUT2D eigenvalue weighted by Gasteiger charge is 2.43. The first-order valence-corrected chi connectivity index (χ1v) is 11.0. The van der Waals surface area contributed by atoms with E-state index < -0.39 is 5.54 Å². The molecule has 29 heavy (non-hydrogen) atoms. The minimum absolute atomic E-state index is 0.0576. The maximum absolute atomic E-state index is 13.0. The zero-order valence-electron chi connectivity index (χ0n) is 17.5. The second kappa shape index (κ2) is 8.91. The van der Waals surface area contributed by atoms with Crippen molar-refractivity contribution >= 4 is 35.0 Å². The third kappa shape index (κ3) is 4.75. The van der Waals surface area contributed by atoms with Gasteiger partial charge in [-0.3, -0.25) is 14.5 Å². The fraction of sp³-hybridized carbons (Fsp3) is 0.391. The van der Waals surface area contributed by atoms with Gasteiger partial charge in [-0.2, -0.15) is 11.8 Å². The second-order valence-electron chi connectivity index (χ2n) is 7.78. The smallest absolute Gasteiger partial charge is 0.250 e. The number of hydrogen-bond acceptors (Lipinski definition) is 4. The fourth-order valence-electron chi connectivity index (χ4n) is 3.33. The van der Waals surface area contributed by atoms with E-state index in [1.165, 1.54) is 5.56 Å². The molecule has 0 saturated heterocycles. The molecule has 0 saturated carbocycles. The Morgan fingerprint density at radius 1 is 1.17 bits per heavy atom. The Morgan fingerprint density at radius 2 is 1.93 bits per heavy atom. The maximum Gasteiger partial charge on any atom is 0.250 e. The van der Waals surface area contributed by atoms with Crippen LogP contribution in [0.3, 0.4) is 0 Å². The summed E-state index contributed by atoms with van der Waals surface area (Å²) in [5.41, 5.74) is 2.82. The van der Waals surface area contributed by atoms with Crippen molar-refractivity contribution in [3.8, 4) is 5.75 Å². The summed E-state index contributed by atoms with van der Waals surface area (Å²) in [6, 6.07) is 13.6. The molecule has 1 aliphatic rings. The molecule has 0 bridgehead atoms. The summed E-state index contributed by atoms with van der Waals surface area (Å²) >= 11 is 1.57. The van der Waals surface area contributed by atoms with Crippen molar-refractivity contribution in [2.24, 2.45) is 0 Å². The highest BCUT2D eigenvalue weighted by Crippen LogP contribution is 2.37. The van der Waals surface area contributed by atoms with Crippen LogP contribution in [-0.4, -0.2) is 35.5 Å². The molecule has 2 aromatic rings. The molecule has 3 rings (SSSR count). The molecule has 0 fully saturated rings. The average molecular weight is 413 g/mol. The summed E-state index contributed by atoms with van der Waals surface area (Å²) < 4.78 is 5.87. The van der Waals surface area contributed by atoms with Gasteiger partial charge in [0.1, 0.15) is 11.3 Å². The highest BCUT2D eigenvalue weighted by molar-refractivity contribution is 7.99. The number of carbonyl (C=O) groups is 2. The van der Waals surface area contributed by atoms with Gasteiger partial charge >= 0.3 is 0 Å². The number of rotatable bonds is 7. The van der Waals surface area contributed by atoms with Crippen molar-refractivity contribution in [3.63, 3.8) is 0 Å². The normalized spacial score (nSPS) is 14.9. The molecule has 2 amide bonds. The number of para-hydroxylation sites is 2. The molecule has 0 atom stereocenters. The zero-order chi connectivity index (χ0) is 21.0.